The first-order valence-corrected chi connectivity index (χ1v) is 8.53. The Hall–Kier alpha value is -2.78. The fourth-order valence-corrected chi connectivity index (χ4v) is 3.14. The smallest absolute Gasteiger partial charge is 0.278 e. The van der Waals surface area contributed by atoms with Crippen molar-refractivity contribution in [2.75, 3.05) is 18.4 Å². The number of halogens is 1. The lowest BCUT2D eigenvalue weighted by molar-refractivity contribution is 0.102. The molecule has 0 unspecified atom stereocenters. The van der Waals surface area contributed by atoms with Gasteiger partial charge in [-0.15, -0.1) is 17.5 Å². The highest BCUT2D eigenvalue weighted by molar-refractivity contribution is 6.03. The number of amides is 1. The summed E-state index contributed by atoms with van der Waals surface area (Å²) < 4.78 is 6.60. The van der Waals surface area contributed by atoms with Gasteiger partial charge in [0.05, 0.1) is 11.7 Å². The van der Waals surface area contributed by atoms with Crippen LogP contribution in [-0.4, -0.2) is 44.1 Å². The van der Waals surface area contributed by atoms with E-state index in [1.807, 2.05) is 23.7 Å². The molecule has 1 aromatic carbocycles. The van der Waals surface area contributed by atoms with Gasteiger partial charge in [-0.05, 0) is 57.1 Å². The summed E-state index contributed by atoms with van der Waals surface area (Å²) in [6, 6.07) is 7.50. The highest BCUT2D eigenvalue weighted by Crippen LogP contribution is 2.21. The van der Waals surface area contributed by atoms with Gasteiger partial charge >= 0.3 is 0 Å². The summed E-state index contributed by atoms with van der Waals surface area (Å²) in [7, 11) is 0. The van der Waals surface area contributed by atoms with Crippen molar-refractivity contribution in [1.82, 2.24) is 30.5 Å². The number of carbonyl (C=O) groups is 1. The number of nitrogens with zero attached hydrogens (tertiary/aromatic N) is 5. The Labute approximate surface area is 161 Å². The molecule has 0 saturated carbocycles. The summed E-state index contributed by atoms with van der Waals surface area (Å²) in [5, 5.41) is 18.3. The van der Waals surface area contributed by atoms with Crippen LogP contribution < -0.4 is 10.6 Å². The van der Waals surface area contributed by atoms with E-state index in [-0.39, 0.29) is 18.3 Å². The van der Waals surface area contributed by atoms with Crippen LogP contribution >= 0.6 is 12.4 Å². The van der Waals surface area contributed by atoms with E-state index < -0.39 is 0 Å². The van der Waals surface area contributed by atoms with Gasteiger partial charge in [0, 0.05) is 11.3 Å². The number of hydrogen-bond donors (Lipinski definition) is 2. The van der Waals surface area contributed by atoms with Crippen LogP contribution in [0.25, 0.3) is 11.4 Å². The van der Waals surface area contributed by atoms with Gasteiger partial charge in [0.2, 0.25) is 12.2 Å². The zero-order valence-corrected chi connectivity index (χ0v) is 15.6. The number of nitrogens with one attached hydrogen (secondary N) is 2. The number of rotatable bonds is 4. The topological polar surface area (TPSA) is 111 Å². The lowest BCUT2D eigenvalue weighted by Gasteiger charge is -2.23. The van der Waals surface area contributed by atoms with E-state index >= 15 is 0 Å². The quantitative estimate of drug-likeness (QED) is 0.703. The summed E-state index contributed by atoms with van der Waals surface area (Å²) in [6.45, 7) is 3.80. The van der Waals surface area contributed by atoms with Gasteiger partial charge in [-0.3, -0.25) is 4.79 Å². The first-order chi connectivity index (χ1) is 12.7. The second kappa shape index (κ2) is 8.28. The van der Waals surface area contributed by atoms with Gasteiger partial charge in [-0.2, -0.15) is 4.98 Å². The maximum absolute atomic E-state index is 12.6. The van der Waals surface area contributed by atoms with E-state index in [4.69, 9.17) is 4.52 Å². The Morgan fingerprint density at radius 1 is 1.26 bits per heavy atom. The average molecular weight is 390 g/mol. The van der Waals surface area contributed by atoms with Gasteiger partial charge in [0.15, 0.2) is 5.69 Å². The summed E-state index contributed by atoms with van der Waals surface area (Å²) in [5.74, 6) is 0.235. The SMILES string of the molecule is Cc1c(C(=O)Nc2ccc(-c3ncon3)cc2)nnn1C1CCNCC1.Cl. The third-order valence-electron chi connectivity index (χ3n) is 4.56. The molecule has 0 radical (unpaired) electrons. The van der Waals surface area contributed by atoms with Crippen molar-refractivity contribution in [1.29, 1.82) is 0 Å². The van der Waals surface area contributed by atoms with Crippen LogP contribution in [0.15, 0.2) is 35.2 Å². The Kier molecular flexibility index (Phi) is 5.82. The lowest BCUT2D eigenvalue weighted by Crippen LogP contribution is -2.30. The largest absolute Gasteiger partial charge is 0.342 e. The molecular weight excluding hydrogens is 370 g/mol. The van der Waals surface area contributed by atoms with Crippen molar-refractivity contribution >= 4 is 24.0 Å². The molecule has 1 fully saturated rings. The van der Waals surface area contributed by atoms with Crippen LogP contribution in [0.5, 0.6) is 0 Å². The predicted molar refractivity (Wildman–Crippen MR) is 101 cm³/mol. The maximum Gasteiger partial charge on any atom is 0.278 e. The molecule has 3 aromatic rings. The van der Waals surface area contributed by atoms with E-state index in [0.717, 1.165) is 37.2 Å². The van der Waals surface area contributed by atoms with Gasteiger partial charge < -0.3 is 15.2 Å². The molecule has 10 heteroatoms. The van der Waals surface area contributed by atoms with Gasteiger partial charge in [0.25, 0.3) is 5.91 Å². The van der Waals surface area contributed by atoms with E-state index in [0.29, 0.717) is 23.2 Å². The van der Waals surface area contributed by atoms with Gasteiger partial charge in [0.1, 0.15) is 0 Å². The Bertz CT molecular complexity index is 887. The molecular formula is C17H20ClN7O2. The van der Waals surface area contributed by atoms with Gasteiger partial charge in [-0.1, -0.05) is 10.4 Å². The van der Waals surface area contributed by atoms with Crippen molar-refractivity contribution < 1.29 is 9.32 Å². The number of piperidine rings is 1. The molecule has 0 aliphatic carbocycles. The van der Waals surface area contributed by atoms with Crippen molar-refractivity contribution in [3.05, 3.63) is 42.0 Å². The van der Waals surface area contributed by atoms with Crippen LogP contribution in [0.2, 0.25) is 0 Å². The molecule has 1 saturated heterocycles. The van der Waals surface area contributed by atoms with Crippen LogP contribution in [-0.2, 0) is 0 Å². The fourth-order valence-electron chi connectivity index (χ4n) is 3.14. The highest BCUT2D eigenvalue weighted by atomic mass is 35.5. The molecule has 0 spiro atoms. The summed E-state index contributed by atoms with van der Waals surface area (Å²) in [4.78, 5) is 16.6. The van der Waals surface area contributed by atoms with Crippen LogP contribution in [0.4, 0.5) is 5.69 Å². The number of carbonyl (C=O) groups excluding carboxylic acids is 1. The van der Waals surface area contributed by atoms with Crippen molar-refractivity contribution in [3.8, 4) is 11.4 Å². The Balaban J connectivity index is 0.00000210. The monoisotopic (exact) mass is 389 g/mol. The second-order valence-electron chi connectivity index (χ2n) is 6.24. The minimum absolute atomic E-state index is 0. The first kappa shape index (κ1) is 19.0. The zero-order valence-electron chi connectivity index (χ0n) is 14.8. The standard InChI is InChI=1S/C17H19N7O2.ClH/c1-11-15(21-23-24(11)14-6-8-18-9-7-14)17(25)20-13-4-2-12(3-5-13)16-19-10-26-22-16;/h2-5,10,14,18H,6-9H2,1H3,(H,20,25);1H. The minimum Gasteiger partial charge on any atom is -0.342 e. The molecule has 0 atom stereocenters. The molecule has 3 heterocycles. The van der Waals surface area contributed by atoms with Crippen LogP contribution in [0.3, 0.4) is 0 Å². The van der Waals surface area contributed by atoms with E-state index in [2.05, 4.69) is 31.1 Å². The lowest BCUT2D eigenvalue weighted by atomic mass is 10.1. The van der Waals surface area contributed by atoms with Crippen molar-refractivity contribution in [2.45, 2.75) is 25.8 Å². The second-order valence-corrected chi connectivity index (χ2v) is 6.24. The fraction of sp³-hybridized carbons (Fsp3) is 0.353. The normalized spacial score (nSPS) is 14.6. The van der Waals surface area contributed by atoms with Crippen molar-refractivity contribution in [3.63, 3.8) is 0 Å². The molecule has 0 bridgehead atoms. The highest BCUT2D eigenvalue weighted by Gasteiger charge is 2.23. The zero-order chi connectivity index (χ0) is 17.9. The molecule has 2 aromatic heterocycles. The maximum atomic E-state index is 12.6. The molecule has 142 valence electrons. The van der Waals surface area contributed by atoms with Crippen LogP contribution in [0, 0.1) is 6.92 Å². The summed E-state index contributed by atoms with van der Waals surface area (Å²) >= 11 is 0. The number of anilines is 1. The van der Waals surface area contributed by atoms with Crippen molar-refractivity contribution in [2.24, 2.45) is 0 Å². The van der Waals surface area contributed by atoms with E-state index in [9.17, 15) is 4.79 Å². The number of benzene rings is 1. The molecule has 1 aliphatic heterocycles. The first-order valence-electron chi connectivity index (χ1n) is 8.53. The molecule has 1 amide bonds. The summed E-state index contributed by atoms with van der Waals surface area (Å²) in [5.41, 5.74) is 2.62. The van der Waals surface area contributed by atoms with Gasteiger partial charge in [-0.25, -0.2) is 4.68 Å². The van der Waals surface area contributed by atoms with E-state index in [1.54, 1.807) is 12.1 Å². The van der Waals surface area contributed by atoms with E-state index in [1.165, 1.54) is 6.39 Å². The van der Waals surface area contributed by atoms with Crippen LogP contribution in [0.1, 0.15) is 35.1 Å². The predicted octanol–water partition coefficient (Wildman–Crippen LogP) is 2.24. The molecule has 2 N–H and O–H groups in total. The molecule has 4 rings (SSSR count). The Morgan fingerprint density at radius 3 is 2.67 bits per heavy atom. The third kappa shape index (κ3) is 3.99. The molecule has 27 heavy (non-hydrogen) atoms. The average Bonchev–Trinajstić information content (AvgIpc) is 3.33. The number of aromatic nitrogens is 5. The summed E-state index contributed by atoms with van der Waals surface area (Å²) in [6.07, 6.45) is 3.26. The molecule has 9 nitrogen and oxygen atoms in total. The third-order valence-corrected chi connectivity index (χ3v) is 4.56. The molecule has 1 aliphatic rings. The Morgan fingerprint density at radius 2 is 2.00 bits per heavy atom. The minimum atomic E-state index is -0.269. The number of hydrogen-bond acceptors (Lipinski definition) is 7.